The molecule has 3 nitrogen and oxygen atoms in total. The van der Waals surface area contributed by atoms with Crippen LogP contribution in [0.5, 0.6) is 5.75 Å². The molecular weight excluding hydrogens is 292 g/mol. The summed E-state index contributed by atoms with van der Waals surface area (Å²) in [4.78, 5) is 2.48. The van der Waals surface area contributed by atoms with Gasteiger partial charge in [0.05, 0.1) is 0 Å². The monoisotopic (exact) mass is 312 g/mol. The Morgan fingerprint density at radius 3 is 2.67 bits per heavy atom. The van der Waals surface area contributed by atoms with Gasteiger partial charge in [0.2, 0.25) is 0 Å². The highest BCUT2D eigenvalue weighted by molar-refractivity contribution is 9.10. The number of ether oxygens (including phenoxy) is 1. The van der Waals surface area contributed by atoms with Gasteiger partial charge in [0.15, 0.2) is 0 Å². The quantitative estimate of drug-likeness (QED) is 0.908. The van der Waals surface area contributed by atoms with Crippen LogP contribution in [0.15, 0.2) is 22.7 Å². The molecule has 0 saturated carbocycles. The van der Waals surface area contributed by atoms with Crippen LogP contribution < -0.4 is 10.5 Å². The molecule has 100 valence electrons. The standard InChI is InChI=1S/C14H21BrN2O/c15-14-10-13(5-4-12(14)11-16)18-9-8-17-6-2-1-3-7-17/h4-5,10H,1-3,6-9,11,16H2. The van der Waals surface area contributed by atoms with Gasteiger partial charge in [-0.1, -0.05) is 28.4 Å². The predicted molar refractivity (Wildman–Crippen MR) is 77.8 cm³/mol. The summed E-state index contributed by atoms with van der Waals surface area (Å²) in [5.41, 5.74) is 6.73. The second kappa shape index (κ2) is 7.12. The molecule has 0 unspecified atom stereocenters. The van der Waals surface area contributed by atoms with Crippen LogP contribution >= 0.6 is 15.9 Å². The number of benzene rings is 1. The fourth-order valence-corrected chi connectivity index (χ4v) is 2.78. The third-order valence-corrected chi connectivity index (χ3v) is 4.11. The van der Waals surface area contributed by atoms with Gasteiger partial charge in [0.1, 0.15) is 12.4 Å². The lowest BCUT2D eigenvalue weighted by Gasteiger charge is -2.26. The zero-order valence-corrected chi connectivity index (χ0v) is 12.3. The van der Waals surface area contributed by atoms with Crippen LogP contribution in [0.2, 0.25) is 0 Å². The Kier molecular flexibility index (Phi) is 5.47. The second-order valence-electron chi connectivity index (χ2n) is 4.71. The van der Waals surface area contributed by atoms with Crippen molar-refractivity contribution in [3.8, 4) is 5.75 Å². The largest absolute Gasteiger partial charge is 0.492 e. The fraction of sp³-hybridized carbons (Fsp3) is 0.571. The molecule has 0 spiro atoms. The molecule has 1 heterocycles. The van der Waals surface area contributed by atoms with Crippen LogP contribution in [-0.4, -0.2) is 31.1 Å². The Hall–Kier alpha value is -0.580. The molecule has 2 N–H and O–H groups in total. The van der Waals surface area contributed by atoms with Crippen molar-refractivity contribution in [2.24, 2.45) is 5.73 Å². The number of piperidine rings is 1. The third kappa shape index (κ3) is 3.97. The van der Waals surface area contributed by atoms with Gasteiger partial charge < -0.3 is 10.5 Å². The molecule has 1 aliphatic heterocycles. The van der Waals surface area contributed by atoms with E-state index in [1.165, 1.54) is 32.4 Å². The molecule has 0 atom stereocenters. The Labute approximate surface area is 117 Å². The topological polar surface area (TPSA) is 38.5 Å². The van der Waals surface area contributed by atoms with E-state index < -0.39 is 0 Å². The summed E-state index contributed by atoms with van der Waals surface area (Å²) in [5, 5.41) is 0. The summed E-state index contributed by atoms with van der Waals surface area (Å²) in [5.74, 6) is 0.913. The van der Waals surface area contributed by atoms with E-state index in [0.29, 0.717) is 6.54 Å². The SMILES string of the molecule is NCc1ccc(OCCN2CCCCC2)cc1Br. The van der Waals surface area contributed by atoms with Gasteiger partial charge in [-0.25, -0.2) is 0 Å². The molecule has 0 bridgehead atoms. The van der Waals surface area contributed by atoms with Gasteiger partial charge in [-0.05, 0) is 43.6 Å². The highest BCUT2D eigenvalue weighted by atomic mass is 79.9. The van der Waals surface area contributed by atoms with Gasteiger partial charge in [0, 0.05) is 17.6 Å². The first-order valence-corrected chi connectivity index (χ1v) is 7.42. The molecule has 1 aromatic rings. The van der Waals surface area contributed by atoms with Gasteiger partial charge >= 0.3 is 0 Å². The lowest BCUT2D eigenvalue weighted by atomic mass is 10.1. The van der Waals surface area contributed by atoms with Crippen LogP contribution in [0.3, 0.4) is 0 Å². The van der Waals surface area contributed by atoms with Crippen molar-refractivity contribution in [1.82, 2.24) is 4.90 Å². The lowest BCUT2D eigenvalue weighted by molar-refractivity contribution is 0.183. The number of halogens is 1. The average molecular weight is 313 g/mol. The summed E-state index contributed by atoms with van der Waals surface area (Å²) >= 11 is 3.51. The molecule has 0 radical (unpaired) electrons. The van der Waals surface area contributed by atoms with E-state index in [1.807, 2.05) is 18.2 Å². The number of rotatable bonds is 5. The first kappa shape index (κ1) is 13.8. The maximum Gasteiger partial charge on any atom is 0.120 e. The van der Waals surface area contributed by atoms with Crippen molar-refractivity contribution in [2.75, 3.05) is 26.2 Å². The van der Waals surface area contributed by atoms with E-state index in [-0.39, 0.29) is 0 Å². The Morgan fingerprint density at radius 1 is 1.22 bits per heavy atom. The lowest BCUT2D eigenvalue weighted by Crippen LogP contribution is -2.33. The fourth-order valence-electron chi connectivity index (χ4n) is 2.26. The van der Waals surface area contributed by atoms with Crippen LogP contribution in [0.1, 0.15) is 24.8 Å². The van der Waals surface area contributed by atoms with Gasteiger partial charge in [0.25, 0.3) is 0 Å². The zero-order valence-electron chi connectivity index (χ0n) is 10.7. The van der Waals surface area contributed by atoms with Crippen molar-refractivity contribution in [3.05, 3.63) is 28.2 Å². The second-order valence-corrected chi connectivity index (χ2v) is 5.56. The molecule has 1 aromatic carbocycles. The molecule has 1 saturated heterocycles. The van der Waals surface area contributed by atoms with Gasteiger partial charge in [-0.3, -0.25) is 4.90 Å². The van der Waals surface area contributed by atoms with Crippen LogP contribution in [0, 0.1) is 0 Å². The Balaban J connectivity index is 1.77. The normalized spacial score (nSPS) is 16.8. The number of nitrogens with two attached hydrogens (primary N) is 1. The average Bonchev–Trinajstić information content (AvgIpc) is 2.40. The summed E-state index contributed by atoms with van der Waals surface area (Å²) in [6.07, 6.45) is 4.04. The maximum atomic E-state index is 5.78. The Bertz CT molecular complexity index is 378. The van der Waals surface area contributed by atoms with Crippen LogP contribution in [0.4, 0.5) is 0 Å². The molecule has 1 aliphatic rings. The maximum absolute atomic E-state index is 5.78. The third-order valence-electron chi connectivity index (χ3n) is 3.37. The zero-order chi connectivity index (χ0) is 12.8. The first-order chi connectivity index (χ1) is 8.79. The Morgan fingerprint density at radius 2 is 2.00 bits per heavy atom. The minimum absolute atomic E-state index is 0.550. The molecule has 18 heavy (non-hydrogen) atoms. The number of nitrogens with zero attached hydrogens (tertiary/aromatic N) is 1. The smallest absolute Gasteiger partial charge is 0.120 e. The van der Waals surface area contributed by atoms with E-state index in [0.717, 1.165) is 28.9 Å². The van der Waals surface area contributed by atoms with Crippen LogP contribution in [0.25, 0.3) is 0 Å². The van der Waals surface area contributed by atoms with E-state index in [9.17, 15) is 0 Å². The van der Waals surface area contributed by atoms with Crippen molar-refractivity contribution in [1.29, 1.82) is 0 Å². The molecular formula is C14H21BrN2O. The predicted octanol–water partition coefficient (Wildman–Crippen LogP) is 2.77. The van der Waals surface area contributed by atoms with Gasteiger partial charge in [-0.2, -0.15) is 0 Å². The van der Waals surface area contributed by atoms with Crippen molar-refractivity contribution in [3.63, 3.8) is 0 Å². The summed E-state index contributed by atoms with van der Waals surface area (Å²) in [7, 11) is 0. The van der Waals surface area contributed by atoms with Crippen molar-refractivity contribution >= 4 is 15.9 Å². The molecule has 0 aromatic heterocycles. The number of likely N-dealkylation sites (tertiary alicyclic amines) is 1. The highest BCUT2D eigenvalue weighted by Gasteiger charge is 2.09. The minimum atomic E-state index is 0.550. The van der Waals surface area contributed by atoms with Crippen LogP contribution in [-0.2, 0) is 6.54 Å². The molecule has 0 aliphatic carbocycles. The van der Waals surface area contributed by atoms with E-state index in [4.69, 9.17) is 10.5 Å². The summed E-state index contributed by atoms with van der Waals surface area (Å²) in [6, 6.07) is 6.00. The first-order valence-electron chi connectivity index (χ1n) is 6.63. The molecule has 0 amide bonds. The summed E-state index contributed by atoms with van der Waals surface area (Å²) in [6.45, 7) is 4.78. The van der Waals surface area contributed by atoms with E-state index >= 15 is 0 Å². The number of hydrogen-bond acceptors (Lipinski definition) is 3. The van der Waals surface area contributed by atoms with E-state index in [2.05, 4.69) is 20.8 Å². The highest BCUT2D eigenvalue weighted by Crippen LogP contribution is 2.22. The van der Waals surface area contributed by atoms with Crippen molar-refractivity contribution < 1.29 is 4.74 Å². The summed E-state index contributed by atoms with van der Waals surface area (Å²) < 4.78 is 6.80. The van der Waals surface area contributed by atoms with E-state index in [1.54, 1.807) is 0 Å². The molecule has 2 rings (SSSR count). The number of hydrogen-bond donors (Lipinski definition) is 1. The van der Waals surface area contributed by atoms with Gasteiger partial charge in [-0.15, -0.1) is 0 Å². The minimum Gasteiger partial charge on any atom is -0.492 e. The molecule has 4 heteroatoms. The van der Waals surface area contributed by atoms with Crippen molar-refractivity contribution in [2.45, 2.75) is 25.8 Å². The molecule has 1 fully saturated rings.